The smallest absolute Gasteiger partial charge is 0.119 e. The summed E-state index contributed by atoms with van der Waals surface area (Å²) < 4.78 is 6.42. The molecule has 2 aliphatic rings. The van der Waals surface area contributed by atoms with Crippen LogP contribution in [-0.2, 0) is 23.3 Å². The average molecular weight is 1610 g/mol. The Morgan fingerprint density at radius 3 is 0.715 bits per heavy atom. The second-order valence-electron chi connectivity index (χ2n) is 30.6. The summed E-state index contributed by atoms with van der Waals surface area (Å²) in [7, 11) is 0. The first-order chi connectivity index (χ1) is 60.8. The van der Waals surface area contributed by atoms with E-state index in [1.54, 1.807) is 0 Å². The number of ether oxygens (including phenoxy) is 1. The Morgan fingerprint density at radius 1 is 0.244 bits per heavy atom. The first kappa shape index (κ1) is 78.7. The maximum absolute atomic E-state index is 10.6. The van der Waals surface area contributed by atoms with E-state index < -0.39 is 10.8 Å². The Hall–Kier alpha value is -15.5. The molecule has 2 aliphatic carbocycles. The fourth-order valence-electron chi connectivity index (χ4n) is 17.7. The summed E-state index contributed by atoms with van der Waals surface area (Å²) in [5, 5.41) is 10.6. The number of rotatable bonds is 22. The minimum absolute atomic E-state index is 0.242. The zero-order chi connectivity index (χ0) is 83.3. The highest BCUT2D eigenvalue weighted by molar-refractivity contribution is 6.17. The third kappa shape index (κ3) is 15.8. The van der Waals surface area contributed by atoms with Gasteiger partial charge in [0.1, 0.15) is 18.1 Å². The van der Waals surface area contributed by atoms with Crippen LogP contribution in [0.2, 0.25) is 0 Å². The quantitative estimate of drug-likeness (QED) is 0.0682. The largest absolute Gasteiger partial charge is 0.508 e. The normalized spacial score (nSPS) is 12.1. The van der Waals surface area contributed by atoms with Gasteiger partial charge in [0.15, 0.2) is 0 Å². The summed E-state index contributed by atoms with van der Waals surface area (Å²) in [4.78, 5) is 9.37. The number of benzene rings is 18. The molecule has 0 radical (unpaired) electrons. The van der Waals surface area contributed by atoms with Crippen molar-refractivity contribution in [3.05, 3.63) is 553 Å². The summed E-state index contributed by atoms with van der Waals surface area (Å²) in [6, 6.07) is 167. The highest BCUT2D eigenvalue weighted by Gasteiger charge is 2.49. The van der Waals surface area contributed by atoms with Gasteiger partial charge in [0, 0.05) is 74.1 Å². The van der Waals surface area contributed by atoms with Crippen molar-refractivity contribution < 1.29 is 9.84 Å². The molecule has 20 rings (SSSR count). The minimum atomic E-state index is -0.691. The number of phenolic OH excluding ortho intramolecular Hbond substituents is 1. The summed E-state index contributed by atoms with van der Waals surface area (Å²) in [6.45, 7) is 8.02. The van der Waals surface area contributed by atoms with Crippen LogP contribution in [0.25, 0.3) is 34.4 Å². The van der Waals surface area contributed by atoms with Crippen LogP contribution in [0.5, 0.6) is 11.5 Å². The number of aromatic hydroxyl groups is 1. The van der Waals surface area contributed by atoms with E-state index in [0.717, 1.165) is 113 Å². The van der Waals surface area contributed by atoms with Gasteiger partial charge in [-0.2, -0.15) is 0 Å². The second-order valence-corrected chi connectivity index (χ2v) is 30.8. The van der Waals surface area contributed by atoms with E-state index in [2.05, 4.69) is 470 Å². The van der Waals surface area contributed by atoms with Crippen molar-refractivity contribution in [2.24, 2.45) is 0 Å². The van der Waals surface area contributed by atoms with Crippen LogP contribution in [0.15, 0.2) is 486 Å². The number of halogens is 1. The fraction of sp³-hybridized carbons (Fsp3) is 0.0345. The fourth-order valence-corrected chi connectivity index (χ4v) is 17.9. The van der Waals surface area contributed by atoms with Gasteiger partial charge in [-0.25, -0.2) is 0 Å². The number of anilines is 12. The average Bonchev–Trinajstić information content (AvgIpc) is 1.54. The Bertz CT molecular complexity index is 6170. The van der Waals surface area contributed by atoms with Crippen LogP contribution in [0.4, 0.5) is 68.2 Å². The maximum atomic E-state index is 10.6. The van der Waals surface area contributed by atoms with Crippen LogP contribution < -0.4 is 24.3 Å². The monoisotopic (exact) mass is 1600 g/mol. The van der Waals surface area contributed by atoms with E-state index in [1.807, 2.05) is 48.6 Å². The molecule has 0 atom stereocenters. The van der Waals surface area contributed by atoms with E-state index in [0.29, 0.717) is 12.5 Å². The van der Waals surface area contributed by atoms with E-state index in [-0.39, 0.29) is 5.75 Å². The van der Waals surface area contributed by atoms with Gasteiger partial charge < -0.3 is 29.4 Å². The van der Waals surface area contributed by atoms with E-state index in [9.17, 15) is 5.11 Å². The number of alkyl halides is 1. The second kappa shape index (κ2) is 36.0. The first-order valence-electron chi connectivity index (χ1n) is 41.6. The lowest BCUT2D eigenvalue weighted by Crippen LogP contribution is -2.29. The number of hydrogen-bond acceptors (Lipinski definition) is 6. The molecule has 6 nitrogen and oxygen atoms in total. The Kier molecular flexibility index (Phi) is 23.0. The molecule has 0 spiro atoms. The SMILES string of the molecule is C=Cc1ccc(CCl)cc1.C=Cc1ccc(COc2ccc(C3(c4ccccc4)c4cc(N(c5ccccc5)c5ccccc5)ccc4-c4ccc(N(c5ccccc5)c5ccccc5)cc43)cc2)cc1.Oc1ccc(C2(c3ccccc3)c3cc(N(c4ccccc4)c4ccccc4)ccc3-c3ccc(N(c4ccccc4)c4ccccc4)cc32)cc1. The van der Waals surface area contributed by atoms with Crippen molar-refractivity contribution >= 4 is 92.0 Å². The summed E-state index contributed by atoms with van der Waals surface area (Å²) >= 11 is 5.60. The topological polar surface area (TPSA) is 42.4 Å². The lowest BCUT2D eigenvalue weighted by molar-refractivity contribution is 0.306. The molecule has 0 aliphatic heterocycles. The molecule has 0 saturated carbocycles. The van der Waals surface area contributed by atoms with Gasteiger partial charge >= 0.3 is 0 Å². The van der Waals surface area contributed by atoms with Crippen molar-refractivity contribution in [3.63, 3.8) is 0 Å². The predicted octanol–water partition coefficient (Wildman–Crippen LogP) is 31.0. The molecule has 0 amide bonds. The van der Waals surface area contributed by atoms with E-state index >= 15 is 0 Å². The lowest BCUT2D eigenvalue weighted by Gasteiger charge is -2.35. The van der Waals surface area contributed by atoms with Gasteiger partial charge in [0.2, 0.25) is 0 Å². The standard InChI is InChI=1S/C58H44N2O.C49H36N2O.C9H9Cl/c1-2-43-28-30-44(31-29-43)42-61-53-36-32-46(33-37-53)58(45-18-8-3-9-19-45)56-40-51(59(47-20-10-4-11-21-47)48-22-12-5-13-23-48)34-38-54(56)55-39-35-52(41-57(55)58)60(49-24-14-6-15-25-49)50-26-16-7-17-27-50;52-44-30-26-37(27-31-44)49(36-16-6-1-7-17-36)47-34-42(50(38-18-8-2-9-19-38)39-20-10-3-11-21-39)28-32-45(47)46-33-29-43(35-48(46)49)51(40-22-12-4-13-23-40)41-24-14-5-15-25-41;1-2-8-3-5-9(7-10)6-4-8/h2-41H,1,42H2;1-35,52H;2-6H,1,7H2. The Morgan fingerprint density at radius 2 is 0.472 bits per heavy atom. The number of hydrogen-bond donors (Lipinski definition) is 1. The van der Waals surface area contributed by atoms with Crippen LogP contribution >= 0.6 is 11.6 Å². The van der Waals surface area contributed by atoms with Crippen LogP contribution in [0, 0.1) is 0 Å². The van der Waals surface area contributed by atoms with Gasteiger partial charge in [-0.3, -0.25) is 0 Å². The van der Waals surface area contributed by atoms with Crippen molar-refractivity contribution in [3.8, 4) is 33.8 Å². The van der Waals surface area contributed by atoms with Gasteiger partial charge in [-0.15, -0.1) is 11.6 Å². The highest BCUT2D eigenvalue weighted by atomic mass is 35.5. The third-order valence-corrected chi connectivity index (χ3v) is 23.7. The molecule has 0 unspecified atom stereocenters. The zero-order valence-corrected chi connectivity index (χ0v) is 68.8. The van der Waals surface area contributed by atoms with Gasteiger partial charge in [-0.05, 0) is 259 Å². The van der Waals surface area contributed by atoms with Crippen molar-refractivity contribution in [1.82, 2.24) is 0 Å². The molecule has 592 valence electrons. The number of nitrogens with zero attached hydrogens (tertiary/aromatic N) is 4. The molecule has 7 heteroatoms. The molecule has 0 bridgehead atoms. The van der Waals surface area contributed by atoms with Gasteiger partial charge in [0.25, 0.3) is 0 Å². The molecule has 123 heavy (non-hydrogen) atoms. The highest BCUT2D eigenvalue weighted by Crippen LogP contribution is 2.61. The third-order valence-electron chi connectivity index (χ3n) is 23.3. The molecule has 0 aromatic heterocycles. The summed E-state index contributed by atoms with van der Waals surface area (Å²) in [6.07, 6.45) is 3.68. The van der Waals surface area contributed by atoms with Crippen molar-refractivity contribution in [1.29, 1.82) is 0 Å². The van der Waals surface area contributed by atoms with Crippen molar-refractivity contribution in [2.45, 2.75) is 23.3 Å². The molecule has 0 fully saturated rings. The molecule has 18 aromatic rings. The predicted molar refractivity (Wildman–Crippen MR) is 515 cm³/mol. The Labute approximate surface area is 726 Å². The molecule has 0 saturated heterocycles. The van der Waals surface area contributed by atoms with E-state index in [4.69, 9.17) is 16.3 Å². The molecular weight excluding hydrogens is 1520 g/mol. The zero-order valence-electron chi connectivity index (χ0n) is 68.0. The van der Waals surface area contributed by atoms with Crippen LogP contribution in [0.1, 0.15) is 66.8 Å². The molecule has 1 N–H and O–H groups in total. The number of para-hydroxylation sites is 8. The molecule has 18 aromatic carbocycles. The lowest BCUT2D eigenvalue weighted by atomic mass is 9.67. The molecular formula is C116H89ClN4O2. The summed E-state index contributed by atoms with van der Waals surface area (Å²) in [5.74, 6) is 1.64. The van der Waals surface area contributed by atoms with Crippen LogP contribution in [-0.4, -0.2) is 5.11 Å². The molecule has 0 heterocycles. The number of phenols is 1. The van der Waals surface area contributed by atoms with Gasteiger partial charge in [0.05, 0.1) is 10.8 Å². The minimum Gasteiger partial charge on any atom is -0.508 e. The summed E-state index contributed by atoms with van der Waals surface area (Å²) in [5.41, 5.74) is 30.4. The van der Waals surface area contributed by atoms with Crippen molar-refractivity contribution in [2.75, 3.05) is 19.6 Å². The first-order valence-corrected chi connectivity index (χ1v) is 42.1. The number of fused-ring (bicyclic) bond motifs is 6. The Balaban J connectivity index is 0.000000152. The maximum Gasteiger partial charge on any atom is 0.119 e. The van der Waals surface area contributed by atoms with Gasteiger partial charge in [-0.1, -0.05) is 329 Å². The van der Waals surface area contributed by atoms with Crippen LogP contribution in [0.3, 0.4) is 0 Å². The van der Waals surface area contributed by atoms with E-state index in [1.165, 1.54) is 50.1 Å².